The molecular weight excluding hydrogens is 364 g/mol. The number of hydrogen-bond donors (Lipinski definition) is 1. The minimum absolute atomic E-state index is 0.156. The van der Waals surface area contributed by atoms with Crippen LogP contribution in [0.4, 0.5) is 0 Å². The fraction of sp³-hybridized carbons (Fsp3) is 0.350. The molecule has 0 aliphatic heterocycles. The van der Waals surface area contributed by atoms with Crippen molar-refractivity contribution in [2.24, 2.45) is 5.92 Å². The van der Waals surface area contributed by atoms with Gasteiger partial charge in [0.1, 0.15) is 10.6 Å². The molecule has 2 atom stereocenters. The number of nitrogens with zero attached hydrogens (tertiary/aromatic N) is 1. The third-order valence-electron chi connectivity index (χ3n) is 4.79. The third kappa shape index (κ3) is 3.60. The molecule has 3 heterocycles. The number of nitrogens with one attached hydrogen (secondary N) is 1. The molecule has 7 heteroatoms. The summed E-state index contributed by atoms with van der Waals surface area (Å²) in [5.41, 5.74) is 0.982. The van der Waals surface area contributed by atoms with Gasteiger partial charge >= 0.3 is 5.97 Å². The van der Waals surface area contributed by atoms with Crippen LogP contribution in [-0.2, 0) is 22.4 Å². The van der Waals surface area contributed by atoms with Crippen LogP contribution >= 0.6 is 11.3 Å². The summed E-state index contributed by atoms with van der Waals surface area (Å²) in [5, 5.41) is 0.696. The van der Waals surface area contributed by atoms with E-state index in [1.165, 1.54) is 23.3 Å². The summed E-state index contributed by atoms with van der Waals surface area (Å²) in [6.07, 6.45) is 6.69. The number of aromatic nitrogens is 2. The van der Waals surface area contributed by atoms with Crippen LogP contribution in [0.15, 0.2) is 33.7 Å². The second-order valence-corrected chi connectivity index (χ2v) is 7.99. The van der Waals surface area contributed by atoms with Crippen molar-refractivity contribution in [3.8, 4) is 0 Å². The van der Waals surface area contributed by atoms with E-state index in [4.69, 9.17) is 9.15 Å². The van der Waals surface area contributed by atoms with E-state index in [2.05, 4.69) is 16.9 Å². The number of aryl methyl sites for hydroxylation is 1. The fourth-order valence-corrected chi connectivity index (χ4v) is 4.75. The van der Waals surface area contributed by atoms with Gasteiger partial charge in [-0.25, -0.2) is 9.78 Å². The topological polar surface area (TPSA) is 85.2 Å². The average molecular weight is 384 g/mol. The molecule has 27 heavy (non-hydrogen) atoms. The maximum atomic E-state index is 12.6. The first-order valence-corrected chi connectivity index (χ1v) is 9.79. The number of H-pyrrole nitrogens is 1. The molecule has 3 aromatic rings. The van der Waals surface area contributed by atoms with Crippen LogP contribution in [0.5, 0.6) is 0 Å². The molecule has 0 amide bonds. The van der Waals surface area contributed by atoms with Gasteiger partial charge in [-0.1, -0.05) is 6.92 Å². The lowest BCUT2D eigenvalue weighted by molar-refractivity contribution is -0.142. The number of hydrogen-bond acceptors (Lipinski definition) is 6. The van der Waals surface area contributed by atoms with Crippen molar-refractivity contribution in [3.05, 3.63) is 56.9 Å². The van der Waals surface area contributed by atoms with E-state index in [1.807, 2.05) is 0 Å². The molecular formula is C20H20N2O4S. The summed E-state index contributed by atoms with van der Waals surface area (Å²) in [6, 6.07) is 3.47. The molecule has 1 aliphatic carbocycles. The van der Waals surface area contributed by atoms with E-state index >= 15 is 0 Å². The van der Waals surface area contributed by atoms with Crippen LogP contribution in [0, 0.1) is 5.92 Å². The van der Waals surface area contributed by atoms with E-state index in [1.54, 1.807) is 30.4 Å². The molecule has 0 bridgehead atoms. The lowest BCUT2D eigenvalue weighted by atomic mass is 9.89. The number of esters is 1. The SMILES string of the molecule is C[C@H]1CCc2c(sc3nc([C@@H](C)OC(=O)/C=C/c4ccco4)[nH]c(=O)c23)C1. The molecule has 1 aliphatic rings. The Balaban J connectivity index is 1.56. The van der Waals surface area contributed by atoms with E-state index in [-0.39, 0.29) is 5.56 Å². The largest absolute Gasteiger partial charge is 0.465 e. The first-order valence-electron chi connectivity index (χ1n) is 8.98. The highest BCUT2D eigenvalue weighted by molar-refractivity contribution is 7.18. The zero-order valence-electron chi connectivity index (χ0n) is 15.2. The second kappa shape index (κ2) is 7.15. The van der Waals surface area contributed by atoms with Gasteiger partial charge in [0.15, 0.2) is 11.9 Å². The Morgan fingerprint density at radius 2 is 2.37 bits per heavy atom. The Morgan fingerprint density at radius 1 is 1.52 bits per heavy atom. The summed E-state index contributed by atoms with van der Waals surface area (Å²) in [4.78, 5) is 34.0. The molecule has 0 spiro atoms. The van der Waals surface area contributed by atoms with Crippen molar-refractivity contribution >= 4 is 33.6 Å². The molecule has 1 N–H and O–H groups in total. The molecule has 3 aromatic heterocycles. The van der Waals surface area contributed by atoms with Crippen LogP contribution < -0.4 is 5.56 Å². The van der Waals surface area contributed by atoms with Crippen molar-refractivity contribution in [1.82, 2.24) is 9.97 Å². The second-order valence-electron chi connectivity index (χ2n) is 6.91. The lowest BCUT2D eigenvalue weighted by Gasteiger charge is -2.17. The van der Waals surface area contributed by atoms with Gasteiger partial charge in [-0.2, -0.15) is 0 Å². The highest BCUT2D eigenvalue weighted by Crippen LogP contribution is 2.35. The first kappa shape index (κ1) is 17.7. The summed E-state index contributed by atoms with van der Waals surface area (Å²) < 4.78 is 10.5. The number of carbonyl (C=O) groups excluding carboxylic acids is 1. The molecule has 4 rings (SSSR count). The number of carbonyl (C=O) groups is 1. The van der Waals surface area contributed by atoms with Gasteiger partial charge in [-0.05, 0) is 55.9 Å². The summed E-state index contributed by atoms with van der Waals surface area (Å²) in [7, 11) is 0. The number of ether oxygens (including phenoxy) is 1. The van der Waals surface area contributed by atoms with Crippen LogP contribution in [0.1, 0.15) is 48.4 Å². The standard InChI is InChI=1S/C20H20N2O4S/c1-11-5-7-14-15(10-11)27-20-17(14)19(24)21-18(22-20)12(2)26-16(23)8-6-13-4-3-9-25-13/h3-4,6,8-9,11-12H,5,7,10H2,1-2H3,(H,21,22,24)/b8-6+/t11-,12+/m0/s1. The number of aromatic amines is 1. The van der Waals surface area contributed by atoms with Gasteiger partial charge in [0.05, 0.1) is 11.6 Å². The highest BCUT2D eigenvalue weighted by Gasteiger charge is 2.24. The normalized spacial score (nSPS) is 17.9. The number of thiophene rings is 1. The molecule has 0 radical (unpaired) electrons. The number of rotatable bonds is 4. The Morgan fingerprint density at radius 3 is 3.15 bits per heavy atom. The van der Waals surface area contributed by atoms with Crippen LogP contribution in [0.2, 0.25) is 0 Å². The van der Waals surface area contributed by atoms with E-state index < -0.39 is 12.1 Å². The number of fused-ring (bicyclic) bond motifs is 3. The molecule has 0 saturated heterocycles. The monoisotopic (exact) mass is 384 g/mol. The Labute approximate surface area is 159 Å². The quantitative estimate of drug-likeness (QED) is 0.542. The smallest absolute Gasteiger partial charge is 0.331 e. The summed E-state index contributed by atoms with van der Waals surface area (Å²) in [5.74, 6) is 1.02. The van der Waals surface area contributed by atoms with Gasteiger partial charge in [-0.3, -0.25) is 4.79 Å². The van der Waals surface area contributed by atoms with Crippen molar-refractivity contribution < 1.29 is 13.9 Å². The van der Waals surface area contributed by atoms with E-state index in [0.717, 1.165) is 29.7 Å². The van der Waals surface area contributed by atoms with Crippen LogP contribution in [0.3, 0.4) is 0 Å². The van der Waals surface area contributed by atoms with E-state index in [9.17, 15) is 9.59 Å². The molecule has 0 fully saturated rings. The fourth-order valence-electron chi connectivity index (χ4n) is 3.36. The number of furan rings is 1. The summed E-state index contributed by atoms with van der Waals surface area (Å²) >= 11 is 1.58. The minimum Gasteiger partial charge on any atom is -0.465 e. The molecule has 0 unspecified atom stereocenters. The Hall–Kier alpha value is -2.67. The zero-order valence-corrected chi connectivity index (χ0v) is 16.0. The van der Waals surface area contributed by atoms with Crippen LogP contribution in [0.25, 0.3) is 16.3 Å². The first-order chi connectivity index (χ1) is 13.0. The Bertz CT molecular complexity index is 1060. The Kier molecular flexibility index (Phi) is 4.70. The van der Waals surface area contributed by atoms with Crippen molar-refractivity contribution in [2.45, 2.75) is 39.2 Å². The van der Waals surface area contributed by atoms with Crippen molar-refractivity contribution in [3.63, 3.8) is 0 Å². The minimum atomic E-state index is -0.658. The molecule has 6 nitrogen and oxygen atoms in total. The lowest BCUT2D eigenvalue weighted by Crippen LogP contribution is -2.17. The maximum absolute atomic E-state index is 12.6. The third-order valence-corrected chi connectivity index (χ3v) is 5.94. The van der Waals surface area contributed by atoms with Crippen molar-refractivity contribution in [2.75, 3.05) is 0 Å². The maximum Gasteiger partial charge on any atom is 0.331 e. The van der Waals surface area contributed by atoms with Crippen LogP contribution in [-0.4, -0.2) is 15.9 Å². The molecule has 140 valence electrons. The van der Waals surface area contributed by atoms with E-state index in [0.29, 0.717) is 22.9 Å². The average Bonchev–Trinajstić information content (AvgIpc) is 3.26. The zero-order chi connectivity index (χ0) is 19.0. The molecule has 0 saturated carbocycles. The van der Waals surface area contributed by atoms with Gasteiger partial charge in [0, 0.05) is 11.0 Å². The van der Waals surface area contributed by atoms with Gasteiger partial charge in [-0.15, -0.1) is 11.3 Å². The van der Waals surface area contributed by atoms with Gasteiger partial charge < -0.3 is 14.1 Å². The highest BCUT2D eigenvalue weighted by atomic mass is 32.1. The van der Waals surface area contributed by atoms with Gasteiger partial charge in [0.25, 0.3) is 5.56 Å². The predicted molar refractivity (Wildman–Crippen MR) is 104 cm³/mol. The van der Waals surface area contributed by atoms with Gasteiger partial charge in [0.2, 0.25) is 0 Å². The summed E-state index contributed by atoms with van der Waals surface area (Å²) in [6.45, 7) is 3.92. The predicted octanol–water partition coefficient (Wildman–Crippen LogP) is 4.02. The molecule has 0 aromatic carbocycles. The van der Waals surface area contributed by atoms with Crippen molar-refractivity contribution in [1.29, 1.82) is 0 Å².